The van der Waals surface area contributed by atoms with Crippen LogP contribution in [0.2, 0.25) is 0 Å². The quantitative estimate of drug-likeness (QED) is 0.619. The van der Waals surface area contributed by atoms with Crippen LogP contribution in [0.4, 0.5) is 0 Å². The summed E-state index contributed by atoms with van der Waals surface area (Å²) in [6.45, 7) is 3.82. The predicted octanol–water partition coefficient (Wildman–Crippen LogP) is 2.20. The summed E-state index contributed by atoms with van der Waals surface area (Å²) in [5.41, 5.74) is 0. The van der Waals surface area contributed by atoms with Crippen molar-refractivity contribution in [3.8, 4) is 0 Å². The van der Waals surface area contributed by atoms with Gasteiger partial charge in [-0.3, -0.25) is 4.79 Å². The summed E-state index contributed by atoms with van der Waals surface area (Å²) in [5, 5.41) is 18.1. The van der Waals surface area contributed by atoms with Crippen LogP contribution in [0.25, 0.3) is 0 Å². The molecule has 3 nitrogen and oxygen atoms in total. The second-order valence-electron chi connectivity index (χ2n) is 3.60. The van der Waals surface area contributed by atoms with Crippen molar-refractivity contribution >= 4 is 5.97 Å². The Kier molecular flexibility index (Phi) is 7.11. The molecule has 0 bridgehead atoms. The van der Waals surface area contributed by atoms with Crippen molar-refractivity contribution in [3.63, 3.8) is 0 Å². The SMILES string of the molecule is CCC=CCCC(O)C(C)CC(=O)O. The first kappa shape index (κ1) is 13.2. The average Bonchev–Trinajstić information content (AvgIpc) is 2.11. The van der Waals surface area contributed by atoms with Crippen molar-refractivity contribution in [2.75, 3.05) is 0 Å². The molecule has 14 heavy (non-hydrogen) atoms. The zero-order valence-electron chi connectivity index (χ0n) is 8.94. The van der Waals surface area contributed by atoms with Gasteiger partial charge in [-0.1, -0.05) is 26.0 Å². The highest BCUT2D eigenvalue weighted by molar-refractivity contribution is 5.67. The van der Waals surface area contributed by atoms with E-state index in [9.17, 15) is 9.90 Å². The molecule has 0 aromatic carbocycles. The minimum atomic E-state index is -0.847. The maximum atomic E-state index is 10.4. The summed E-state index contributed by atoms with van der Waals surface area (Å²) in [4.78, 5) is 10.4. The van der Waals surface area contributed by atoms with E-state index in [0.29, 0.717) is 6.42 Å². The monoisotopic (exact) mass is 200 g/mol. The largest absolute Gasteiger partial charge is 0.481 e. The van der Waals surface area contributed by atoms with E-state index in [1.165, 1.54) is 0 Å². The molecular weight excluding hydrogens is 180 g/mol. The lowest BCUT2D eigenvalue weighted by molar-refractivity contribution is -0.138. The maximum Gasteiger partial charge on any atom is 0.303 e. The van der Waals surface area contributed by atoms with E-state index in [4.69, 9.17) is 5.11 Å². The lowest BCUT2D eigenvalue weighted by Gasteiger charge is -2.15. The lowest BCUT2D eigenvalue weighted by Crippen LogP contribution is -2.20. The minimum absolute atomic E-state index is 0.0403. The Hall–Kier alpha value is -0.830. The first-order chi connectivity index (χ1) is 6.57. The number of aliphatic carboxylic acids is 1. The molecule has 0 aliphatic carbocycles. The van der Waals surface area contributed by atoms with Crippen molar-refractivity contribution in [1.82, 2.24) is 0 Å². The zero-order valence-corrected chi connectivity index (χ0v) is 8.94. The molecule has 0 fully saturated rings. The van der Waals surface area contributed by atoms with Gasteiger partial charge < -0.3 is 10.2 Å². The smallest absolute Gasteiger partial charge is 0.303 e. The van der Waals surface area contributed by atoms with E-state index < -0.39 is 12.1 Å². The molecule has 2 unspecified atom stereocenters. The Morgan fingerprint density at radius 3 is 2.57 bits per heavy atom. The molecule has 0 heterocycles. The number of rotatable bonds is 7. The molecule has 3 heteroatoms. The second-order valence-corrected chi connectivity index (χ2v) is 3.60. The molecule has 0 aliphatic rings. The van der Waals surface area contributed by atoms with Crippen molar-refractivity contribution in [3.05, 3.63) is 12.2 Å². The summed E-state index contributed by atoms with van der Waals surface area (Å²) in [5.74, 6) is -1.01. The van der Waals surface area contributed by atoms with Crippen LogP contribution in [0, 0.1) is 5.92 Å². The van der Waals surface area contributed by atoms with Crippen molar-refractivity contribution in [1.29, 1.82) is 0 Å². The van der Waals surface area contributed by atoms with Gasteiger partial charge in [0, 0.05) is 0 Å². The molecule has 2 N–H and O–H groups in total. The van der Waals surface area contributed by atoms with E-state index in [1.807, 2.05) is 6.08 Å². The molecule has 0 radical (unpaired) electrons. The van der Waals surface area contributed by atoms with Gasteiger partial charge in [0.05, 0.1) is 12.5 Å². The first-order valence-electron chi connectivity index (χ1n) is 5.12. The standard InChI is InChI=1S/C11H20O3/c1-3-4-5-6-7-10(12)9(2)8-11(13)14/h4-5,9-10,12H,3,6-8H2,1-2H3,(H,13,14). The van der Waals surface area contributed by atoms with Crippen LogP contribution in [0.1, 0.15) is 39.5 Å². The van der Waals surface area contributed by atoms with Crippen molar-refractivity contribution in [2.45, 2.75) is 45.6 Å². The summed E-state index contributed by atoms with van der Waals surface area (Å²) in [6, 6.07) is 0. The van der Waals surface area contributed by atoms with Crippen LogP contribution in [-0.4, -0.2) is 22.3 Å². The Bertz CT molecular complexity index is 187. The molecule has 0 saturated carbocycles. The predicted molar refractivity (Wildman–Crippen MR) is 56.1 cm³/mol. The highest BCUT2D eigenvalue weighted by atomic mass is 16.4. The van der Waals surface area contributed by atoms with Crippen LogP contribution in [0.3, 0.4) is 0 Å². The van der Waals surface area contributed by atoms with Gasteiger partial charge in [0.15, 0.2) is 0 Å². The molecule has 0 aliphatic heterocycles. The number of aliphatic hydroxyl groups is 1. The Balaban J connectivity index is 3.66. The van der Waals surface area contributed by atoms with Gasteiger partial charge in [-0.05, 0) is 25.2 Å². The summed E-state index contributed by atoms with van der Waals surface area (Å²) in [6.07, 6.45) is 6.07. The van der Waals surface area contributed by atoms with Gasteiger partial charge in [0.25, 0.3) is 0 Å². The molecule has 2 atom stereocenters. The molecule has 0 aromatic heterocycles. The van der Waals surface area contributed by atoms with Crippen LogP contribution in [0.5, 0.6) is 0 Å². The van der Waals surface area contributed by atoms with Gasteiger partial charge in [-0.2, -0.15) is 0 Å². The van der Waals surface area contributed by atoms with Crippen LogP contribution in [0.15, 0.2) is 12.2 Å². The summed E-state index contributed by atoms with van der Waals surface area (Å²) >= 11 is 0. The number of hydrogen-bond donors (Lipinski definition) is 2. The topological polar surface area (TPSA) is 57.5 Å². The van der Waals surface area contributed by atoms with Gasteiger partial charge in [0.2, 0.25) is 0 Å². The molecule has 0 rings (SSSR count). The van der Waals surface area contributed by atoms with E-state index >= 15 is 0 Å². The number of carboxylic acids is 1. The molecule has 0 saturated heterocycles. The minimum Gasteiger partial charge on any atom is -0.481 e. The van der Waals surface area contributed by atoms with E-state index in [0.717, 1.165) is 12.8 Å². The number of aliphatic hydroxyl groups excluding tert-OH is 1. The Morgan fingerprint density at radius 2 is 2.07 bits per heavy atom. The second kappa shape index (κ2) is 7.56. The van der Waals surface area contributed by atoms with Gasteiger partial charge in [-0.25, -0.2) is 0 Å². The fraction of sp³-hybridized carbons (Fsp3) is 0.727. The molecule has 82 valence electrons. The highest BCUT2D eigenvalue weighted by Gasteiger charge is 2.16. The van der Waals surface area contributed by atoms with Crippen molar-refractivity contribution < 1.29 is 15.0 Å². The fourth-order valence-corrected chi connectivity index (χ4v) is 1.25. The van der Waals surface area contributed by atoms with Crippen LogP contribution in [-0.2, 0) is 4.79 Å². The summed E-state index contributed by atoms with van der Waals surface area (Å²) in [7, 11) is 0. The Morgan fingerprint density at radius 1 is 1.43 bits per heavy atom. The number of hydrogen-bond acceptors (Lipinski definition) is 2. The Labute approximate surface area is 85.4 Å². The van der Waals surface area contributed by atoms with Crippen molar-refractivity contribution in [2.24, 2.45) is 5.92 Å². The third kappa shape index (κ3) is 6.66. The number of carbonyl (C=O) groups is 1. The molecule has 0 spiro atoms. The van der Waals surface area contributed by atoms with Gasteiger partial charge in [0.1, 0.15) is 0 Å². The van der Waals surface area contributed by atoms with E-state index in [1.54, 1.807) is 6.92 Å². The highest BCUT2D eigenvalue weighted by Crippen LogP contribution is 2.13. The van der Waals surface area contributed by atoms with Crippen LogP contribution < -0.4 is 0 Å². The van der Waals surface area contributed by atoms with Gasteiger partial charge >= 0.3 is 5.97 Å². The number of carboxylic acid groups (broad SMARTS) is 1. The maximum absolute atomic E-state index is 10.4. The van der Waals surface area contributed by atoms with E-state index in [2.05, 4.69) is 13.0 Å². The first-order valence-corrected chi connectivity index (χ1v) is 5.12. The van der Waals surface area contributed by atoms with Crippen LogP contribution >= 0.6 is 0 Å². The third-order valence-electron chi connectivity index (χ3n) is 2.18. The zero-order chi connectivity index (χ0) is 11.0. The molecular formula is C11H20O3. The normalized spacial score (nSPS) is 15.6. The van der Waals surface area contributed by atoms with E-state index in [-0.39, 0.29) is 12.3 Å². The summed E-state index contributed by atoms with van der Waals surface area (Å²) < 4.78 is 0. The molecule has 0 aromatic rings. The van der Waals surface area contributed by atoms with Gasteiger partial charge in [-0.15, -0.1) is 0 Å². The lowest BCUT2D eigenvalue weighted by atomic mass is 9.97. The molecule has 0 amide bonds. The average molecular weight is 200 g/mol. The third-order valence-corrected chi connectivity index (χ3v) is 2.18. The number of allylic oxidation sites excluding steroid dienone is 2. The fourth-order valence-electron chi connectivity index (χ4n) is 1.25.